The Bertz CT molecular complexity index is 506. The zero-order chi connectivity index (χ0) is 13.9. The molecule has 1 rings (SSSR count). The Balaban J connectivity index is 3.09. The number of nitrogens with zero attached hydrogens (tertiary/aromatic N) is 3. The van der Waals surface area contributed by atoms with Crippen molar-refractivity contribution in [2.75, 3.05) is 18.5 Å². The number of carboxylic acid groups (broad SMARTS) is 1. The zero-order valence-electron chi connectivity index (χ0n) is 11.1. The number of hydrogen-bond donors (Lipinski definition) is 1. The zero-order valence-corrected chi connectivity index (χ0v) is 11.1. The lowest BCUT2D eigenvalue weighted by Gasteiger charge is -2.22. The summed E-state index contributed by atoms with van der Waals surface area (Å²) < 4.78 is 0. The predicted molar refractivity (Wildman–Crippen MR) is 68.5 cm³/mol. The second-order valence-electron chi connectivity index (χ2n) is 4.51. The van der Waals surface area contributed by atoms with Crippen LogP contribution in [0.25, 0.3) is 0 Å². The summed E-state index contributed by atoms with van der Waals surface area (Å²) in [5, 5.41) is 18.1. The topological polar surface area (TPSA) is 77.2 Å². The first kappa shape index (κ1) is 14.0. The number of nitriles is 1. The number of pyridine rings is 1. The van der Waals surface area contributed by atoms with Crippen LogP contribution in [0.1, 0.15) is 23.7 Å². The minimum Gasteiger partial charge on any atom is -0.481 e. The number of aliphatic carboxylic acids is 1. The van der Waals surface area contributed by atoms with Crippen LogP contribution in [0.5, 0.6) is 0 Å². The van der Waals surface area contributed by atoms with Crippen LogP contribution in [0.4, 0.5) is 5.82 Å². The van der Waals surface area contributed by atoms with Crippen LogP contribution in [0.3, 0.4) is 0 Å². The second-order valence-corrected chi connectivity index (χ2v) is 4.51. The van der Waals surface area contributed by atoms with Crippen LogP contribution in [0.15, 0.2) is 6.07 Å². The average molecular weight is 247 g/mol. The van der Waals surface area contributed by atoms with Gasteiger partial charge in [0.25, 0.3) is 0 Å². The maximum Gasteiger partial charge on any atom is 0.308 e. The van der Waals surface area contributed by atoms with Crippen LogP contribution in [0.2, 0.25) is 0 Å². The highest BCUT2D eigenvalue weighted by Crippen LogP contribution is 2.21. The third kappa shape index (κ3) is 2.98. The molecule has 0 amide bonds. The van der Waals surface area contributed by atoms with Crippen LogP contribution in [-0.2, 0) is 4.79 Å². The summed E-state index contributed by atoms with van der Waals surface area (Å²) in [5.41, 5.74) is 2.17. The van der Waals surface area contributed by atoms with Gasteiger partial charge in [-0.25, -0.2) is 4.98 Å². The van der Waals surface area contributed by atoms with Crippen molar-refractivity contribution in [3.8, 4) is 6.07 Å². The van der Waals surface area contributed by atoms with Crippen molar-refractivity contribution in [2.24, 2.45) is 5.92 Å². The van der Waals surface area contributed by atoms with Gasteiger partial charge in [-0.05, 0) is 25.5 Å². The number of rotatable bonds is 4. The second kappa shape index (κ2) is 5.50. The summed E-state index contributed by atoms with van der Waals surface area (Å²) in [5.74, 6) is -0.822. The lowest BCUT2D eigenvalue weighted by Crippen LogP contribution is -2.29. The summed E-state index contributed by atoms with van der Waals surface area (Å²) in [4.78, 5) is 16.9. The fourth-order valence-corrected chi connectivity index (χ4v) is 1.81. The van der Waals surface area contributed by atoms with E-state index in [-0.39, 0.29) is 0 Å². The first-order valence-electron chi connectivity index (χ1n) is 5.69. The number of anilines is 1. The molecular weight excluding hydrogens is 230 g/mol. The molecule has 0 spiro atoms. The first-order chi connectivity index (χ1) is 8.36. The van der Waals surface area contributed by atoms with E-state index in [1.54, 1.807) is 18.9 Å². The molecular formula is C13H17N3O2. The summed E-state index contributed by atoms with van der Waals surface area (Å²) in [6.45, 7) is 5.66. The van der Waals surface area contributed by atoms with E-state index in [9.17, 15) is 4.79 Å². The highest BCUT2D eigenvalue weighted by molar-refractivity contribution is 5.70. The lowest BCUT2D eigenvalue weighted by atomic mass is 10.1. The van der Waals surface area contributed by atoms with Crippen LogP contribution in [-0.4, -0.2) is 29.7 Å². The fourth-order valence-electron chi connectivity index (χ4n) is 1.81. The normalized spacial score (nSPS) is 11.7. The van der Waals surface area contributed by atoms with Gasteiger partial charge in [-0.2, -0.15) is 5.26 Å². The van der Waals surface area contributed by atoms with Crippen LogP contribution in [0, 0.1) is 31.1 Å². The number of carbonyl (C=O) groups is 1. The highest BCUT2D eigenvalue weighted by Gasteiger charge is 2.18. The van der Waals surface area contributed by atoms with Crippen molar-refractivity contribution in [1.82, 2.24) is 4.98 Å². The summed E-state index contributed by atoms with van der Waals surface area (Å²) >= 11 is 0. The van der Waals surface area contributed by atoms with Gasteiger partial charge in [0.05, 0.1) is 11.5 Å². The van der Waals surface area contributed by atoms with E-state index in [0.29, 0.717) is 17.9 Å². The summed E-state index contributed by atoms with van der Waals surface area (Å²) in [7, 11) is 1.75. The van der Waals surface area contributed by atoms with E-state index in [1.807, 2.05) is 19.9 Å². The van der Waals surface area contributed by atoms with E-state index in [1.165, 1.54) is 0 Å². The number of aromatic nitrogens is 1. The number of aryl methyl sites for hydroxylation is 2. The van der Waals surface area contributed by atoms with Crippen LogP contribution < -0.4 is 4.90 Å². The quantitative estimate of drug-likeness (QED) is 0.876. The van der Waals surface area contributed by atoms with Gasteiger partial charge in [0.2, 0.25) is 0 Å². The van der Waals surface area contributed by atoms with Gasteiger partial charge >= 0.3 is 5.97 Å². The van der Waals surface area contributed by atoms with E-state index >= 15 is 0 Å². The lowest BCUT2D eigenvalue weighted by molar-refractivity contribution is -0.140. The molecule has 0 aromatic carbocycles. The van der Waals surface area contributed by atoms with Crippen molar-refractivity contribution in [2.45, 2.75) is 20.8 Å². The summed E-state index contributed by atoms with van der Waals surface area (Å²) in [6.07, 6.45) is 0. The molecule has 96 valence electrons. The Morgan fingerprint density at radius 3 is 2.72 bits per heavy atom. The van der Waals surface area contributed by atoms with E-state index in [0.717, 1.165) is 11.3 Å². The molecule has 0 radical (unpaired) electrons. The molecule has 1 heterocycles. The SMILES string of the molecule is Cc1cc(C)c(C#N)c(N(C)CC(C)C(=O)O)n1. The average Bonchev–Trinajstić information content (AvgIpc) is 2.27. The van der Waals surface area contributed by atoms with Gasteiger partial charge in [0.1, 0.15) is 11.9 Å². The molecule has 1 aromatic heterocycles. The molecule has 0 aliphatic heterocycles. The van der Waals surface area contributed by atoms with Crippen molar-refractivity contribution < 1.29 is 9.90 Å². The molecule has 0 aliphatic carbocycles. The maximum atomic E-state index is 10.8. The molecule has 5 nitrogen and oxygen atoms in total. The van der Waals surface area contributed by atoms with Gasteiger partial charge in [-0.3, -0.25) is 4.79 Å². The van der Waals surface area contributed by atoms with E-state index in [2.05, 4.69) is 11.1 Å². The standard InChI is InChI=1S/C13H17N3O2/c1-8-5-10(3)15-12(11(8)6-14)16(4)7-9(2)13(17)18/h5,9H,7H2,1-4H3,(H,17,18). The monoisotopic (exact) mass is 247 g/mol. The van der Waals surface area contributed by atoms with Crippen molar-refractivity contribution in [1.29, 1.82) is 5.26 Å². The van der Waals surface area contributed by atoms with Gasteiger partial charge in [-0.15, -0.1) is 0 Å². The number of hydrogen-bond acceptors (Lipinski definition) is 4. The van der Waals surface area contributed by atoms with Gasteiger partial charge in [0.15, 0.2) is 0 Å². The fraction of sp³-hybridized carbons (Fsp3) is 0.462. The Kier molecular flexibility index (Phi) is 4.27. The first-order valence-corrected chi connectivity index (χ1v) is 5.69. The van der Waals surface area contributed by atoms with Crippen LogP contribution >= 0.6 is 0 Å². The number of carboxylic acids is 1. The Hall–Kier alpha value is -2.09. The predicted octanol–water partition coefficient (Wildman–Crippen LogP) is 1.73. The molecule has 0 aliphatic rings. The minimum atomic E-state index is -0.857. The van der Waals surface area contributed by atoms with E-state index in [4.69, 9.17) is 10.4 Å². The third-order valence-corrected chi connectivity index (χ3v) is 2.77. The van der Waals surface area contributed by atoms with Crippen molar-refractivity contribution in [3.63, 3.8) is 0 Å². The van der Waals surface area contributed by atoms with Crippen molar-refractivity contribution in [3.05, 3.63) is 22.9 Å². The molecule has 5 heteroatoms. The molecule has 1 atom stereocenters. The Morgan fingerprint density at radius 2 is 2.22 bits per heavy atom. The largest absolute Gasteiger partial charge is 0.481 e. The molecule has 0 saturated carbocycles. The molecule has 18 heavy (non-hydrogen) atoms. The third-order valence-electron chi connectivity index (χ3n) is 2.77. The molecule has 1 unspecified atom stereocenters. The van der Waals surface area contributed by atoms with E-state index < -0.39 is 11.9 Å². The van der Waals surface area contributed by atoms with Gasteiger partial charge in [-0.1, -0.05) is 6.92 Å². The summed E-state index contributed by atoms with van der Waals surface area (Å²) in [6, 6.07) is 3.97. The highest BCUT2D eigenvalue weighted by atomic mass is 16.4. The molecule has 0 saturated heterocycles. The Labute approximate surface area is 107 Å². The molecule has 0 fully saturated rings. The molecule has 1 N–H and O–H groups in total. The smallest absolute Gasteiger partial charge is 0.308 e. The maximum absolute atomic E-state index is 10.8. The molecule has 0 bridgehead atoms. The van der Waals surface area contributed by atoms with Crippen molar-refractivity contribution >= 4 is 11.8 Å². The Morgan fingerprint density at radius 1 is 1.61 bits per heavy atom. The molecule has 1 aromatic rings. The van der Waals surface area contributed by atoms with Gasteiger partial charge in [0, 0.05) is 19.3 Å². The minimum absolute atomic E-state index is 0.319. The van der Waals surface area contributed by atoms with Gasteiger partial charge < -0.3 is 10.0 Å².